The normalized spacial score (nSPS) is 12.7. The fourth-order valence-corrected chi connectivity index (χ4v) is 2.21. The first-order chi connectivity index (χ1) is 9.76. The molecular formula is C15H16N4O. The molecule has 1 aromatic carbocycles. The van der Waals surface area contributed by atoms with Crippen molar-refractivity contribution in [2.24, 2.45) is 0 Å². The van der Waals surface area contributed by atoms with E-state index in [4.69, 9.17) is 0 Å². The van der Waals surface area contributed by atoms with Gasteiger partial charge in [-0.3, -0.25) is 14.6 Å². The third-order valence-electron chi connectivity index (χ3n) is 3.32. The van der Waals surface area contributed by atoms with E-state index >= 15 is 0 Å². The van der Waals surface area contributed by atoms with Crippen LogP contribution in [0.5, 0.6) is 0 Å². The predicted molar refractivity (Wildman–Crippen MR) is 76.1 cm³/mol. The molecule has 1 atom stereocenters. The van der Waals surface area contributed by atoms with Gasteiger partial charge in [0.25, 0.3) is 0 Å². The van der Waals surface area contributed by atoms with E-state index in [0.717, 1.165) is 28.7 Å². The zero-order chi connectivity index (χ0) is 13.9. The van der Waals surface area contributed by atoms with Crippen molar-refractivity contribution in [3.8, 4) is 0 Å². The molecule has 0 saturated carbocycles. The van der Waals surface area contributed by atoms with Gasteiger partial charge in [-0.1, -0.05) is 6.07 Å². The Bertz CT molecular complexity index is 722. The maximum atomic E-state index is 10.3. The summed E-state index contributed by atoms with van der Waals surface area (Å²) < 4.78 is 1.86. The second-order valence-corrected chi connectivity index (χ2v) is 4.73. The molecule has 2 heterocycles. The number of aliphatic hydroxyl groups excluding tert-OH is 1. The summed E-state index contributed by atoms with van der Waals surface area (Å²) in [5.41, 5.74) is 3.51. The molecule has 20 heavy (non-hydrogen) atoms. The molecule has 2 aromatic heterocycles. The van der Waals surface area contributed by atoms with Crippen molar-refractivity contribution in [3.05, 3.63) is 54.1 Å². The molecule has 3 rings (SSSR count). The summed E-state index contributed by atoms with van der Waals surface area (Å²) in [6.07, 6.45) is 7.07. The molecule has 0 aliphatic heterocycles. The Hall–Kier alpha value is -2.27. The maximum absolute atomic E-state index is 10.3. The number of hydrogen-bond donors (Lipinski definition) is 1. The summed E-state index contributed by atoms with van der Waals surface area (Å²) >= 11 is 0. The molecular weight excluding hydrogens is 252 g/mol. The second kappa shape index (κ2) is 5.38. The van der Waals surface area contributed by atoms with Gasteiger partial charge in [-0.05, 0) is 30.2 Å². The number of fused-ring (bicyclic) bond motifs is 1. The summed E-state index contributed by atoms with van der Waals surface area (Å²) in [5.74, 6) is 0. The second-order valence-electron chi connectivity index (χ2n) is 4.73. The van der Waals surface area contributed by atoms with Crippen molar-refractivity contribution >= 4 is 11.0 Å². The lowest BCUT2D eigenvalue weighted by Gasteiger charge is -2.10. The van der Waals surface area contributed by atoms with Gasteiger partial charge in [0.05, 0.1) is 23.3 Å². The van der Waals surface area contributed by atoms with E-state index in [1.165, 1.54) is 0 Å². The van der Waals surface area contributed by atoms with Gasteiger partial charge in [-0.25, -0.2) is 0 Å². The molecule has 0 aliphatic rings. The van der Waals surface area contributed by atoms with Gasteiger partial charge in [0.15, 0.2) is 0 Å². The average molecular weight is 268 g/mol. The van der Waals surface area contributed by atoms with Crippen molar-refractivity contribution in [1.82, 2.24) is 19.7 Å². The van der Waals surface area contributed by atoms with Gasteiger partial charge in [-0.2, -0.15) is 5.10 Å². The molecule has 102 valence electrons. The first kappa shape index (κ1) is 12.7. The fraction of sp³-hybridized carbons (Fsp3) is 0.267. The van der Waals surface area contributed by atoms with E-state index in [-0.39, 0.29) is 0 Å². The molecule has 0 saturated heterocycles. The van der Waals surface area contributed by atoms with Gasteiger partial charge in [0.1, 0.15) is 0 Å². The number of hydrogen-bond acceptors (Lipinski definition) is 4. The number of nitrogens with zero attached hydrogens (tertiary/aromatic N) is 4. The van der Waals surface area contributed by atoms with Crippen LogP contribution in [0, 0.1) is 0 Å². The van der Waals surface area contributed by atoms with Crippen LogP contribution in [0.1, 0.15) is 24.2 Å². The monoisotopic (exact) mass is 268 g/mol. The van der Waals surface area contributed by atoms with Gasteiger partial charge in [-0.15, -0.1) is 0 Å². The molecule has 1 N–H and O–H groups in total. The number of benzene rings is 1. The van der Waals surface area contributed by atoms with Crippen LogP contribution in [-0.2, 0) is 13.0 Å². The molecule has 1 unspecified atom stereocenters. The molecule has 0 aliphatic carbocycles. The van der Waals surface area contributed by atoms with Gasteiger partial charge in [0.2, 0.25) is 0 Å². The fourth-order valence-electron chi connectivity index (χ4n) is 2.21. The van der Waals surface area contributed by atoms with Gasteiger partial charge in [0, 0.05) is 31.6 Å². The lowest BCUT2D eigenvalue weighted by atomic mass is 10.0. The highest BCUT2D eigenvalue weighted by Crippen LogP contribution is 2.21. The zero-order valence-corrected chi connectivity index (χ0v) is 11.3. The minimum absolute atomic E-state index is 0.547. The maximum Gasteiger partial charge on any atom is 0.0890 e. The van der Waals surface area contributed by atoms with Crippen LogP contribution in [0.15, 0.2) is 43.0 Å². The Balaban J connectivity index is 1.82. The largest absolute Gasteiger partial charge is 0.388 e. The lowest BCUT2D eigenvalue weighted by Crippen LogP contribution is -2.01. The summed E-state index contributed by atoms with van der Waals surface area (Å²) in [6.45, 7) is 2.87. The van der Waals surface area contributed by atoms with Crippen molar-refractivity contribution in [1.29, 1.82) is 0 Å². The Labute approximate surface area is 116 Å². The van der Waals surface area contributed by atoms with Crippen LogP contribution in [0.25, 0.3) is 11.0 Å². The average Bonchev–Trinajstić information content (AvgIpc) is 2.94. The van der Waals surface area contributed by atoms with E-state index in [2.05, 4.69) is 15.1 Å². The molecule has 0 bridgehead atoms. The summed E-state index contributed by atoms with van der Waals surface area (Å²) in [4.78, 5) is 8.48. The number of aromatic nitrogens is 4. The zero-order valence-electron chi connectivity index (χ0n) is 11.3. The summed E-state index contributed by atoms with van der Waals surface area (Å²) in [7, 11) is 0. The van der Waals surface area contributed by atoms with Crippen LogP contribution in [-0.4, -0.2) is 24.9 Å². The number of aryl methyl sites for hydroxylation is 1. The Morgan fingerprint density at radius 2 is 2.00 bits per heavy atom. The van der Waals surface area contributed by atoms with Gasteiger partial charge < -0.3 is 5.11 Å². The van der Waals surface area contributed by atoms with Crippen molar-refractivity contribution in [3.63, 3.8) is 0 Å². The standard InChI is InChI=1S/C15H16N4O/c1-2-19-10-11(9-18-19)7-15(20)12-3-4-13-14(8-12)17-6-5-16-13/h3-6,8-10,15,20H,2,7H2,1H3. The smallest absolute Gasteiger partial charge is 0.0890 e. The molecule has 3 aromatic rings. The minimum Gasteiger partial charge on any atom is -0.388 e. The lowest BCUT2D eigenvalue weighted by molar-refractivity contribution is 0.178. The topological polar surface area (TPSA) is 63.8 Å². The van der Waals surface area contributed by atoms with Crippen LogP contribution in [0.2, 0.25) is 0 Å². The van der Waals surface area contributed by atoms with Gasteiger partial charge >= 0.3 is 0 Å². The summed E-state index contributed by atoms with van der Waals surface area (Å²) in [6, 6.07) is 5.67. The first-order valence-electron chi connectivity index (χ1n) is 6.66. The molecule has 0 amide bonds. The predicted octanol–water partition coefficient (Wildman–Crippen LogP) is 2.12. The Kier molecular flexibility index (Phi) is 3.43. The highest BCUT2D eigenvalue weighted by molar-refractivity contribution is 5.74. The van der Waals surface area contributed by atoms with E-state index in [0.29, 0.717) is 6.42 Å². The SMILES string of the molecule is CCn1cc(CC(O)c2ccc3nccnc3c2)cn1. The molecule has 0 spiro atoms. The highest BCUT2D eigenvalue weighted by Gasteiger charge is 2.11. The van der Waals surface area contributed by atoms with Crippen molar-refractivity contribution in [2.45, 2.75) is 26.0 Å². The van der Waals surface area contributed by atoms with Crippen molar-refractivity contribution in [2.75, 3.05) is 0 Å². The van der Waals surface area contributed by atoms with Crippen LogP contribution >= 0.6 is 0 Å². The quantitative estimate of drug-likeness (QED) is 0.787. The minimum atomic E-state index is -0.559. The third-order valence-corrected chi connectivity index (χ3v) is 3.32. The van der Waals surface area contributed by atoms with Crippen LogP contribution in [0.4, 0.5) is 0 Å². The van der Waals surface area contributed by atoms with Crippen LogP contribution < -0.4 is 0 Å². The van der Waals surface area contributed by atoms with E-state index in [1.807, 2.05) is 36.0 Å². The van der Waals surface area contributed by atoms with Crippen molar-refractivity contribution < 1.29 is 5.11 Å². The molecule has 0 radical (unpaired) electrons. The highest BCUT2D eigenvalue weighted by atomic mass is 16.3. The van der Waals surface area contributed by atoms with E-state index in [9.17, 15) is 5.11 Å². The summed E-state index contributed by atoms with van der Waals surface area (Å²) in [5, 5.41) is 14.5. The van der Waals surface area contributed by atoms with E-state index < -0.39 is 6.10 Å². The molecule has 0 fully saturated rings. The Morgan fingerprint density at radius 3 is 2.75 bits per heavy atom. The number of rotatable bonds is 4. The Morgan fingerprint density at radius 1 is 1.20 bits per heavy atom. The van der Waals surface area contributed by atoms with Crippen LogP contribution in [0.3, 0.4) is 0 Å². The molecule has 5 nitrogen and oxygen atoms in total. The third kappa shape index (κ3) is 2.53. The van der Waals surface area contributed by atoms with E-state index in [1.54, 1.807) is 18.6 Å². The molecule has 5 heteroatoms. The first-order valence-corrected chi connectivity index (χ1v) is 6.66. The number of aliphatic hydroxyl groups is 1.